The molecule has 1 aromatic carbocycles. The van der Waals surface area contributed by atoms with Gasteiger partial charge in [0.05, 0.1) is 19.8 Å². The molecular formula is C23H31N4O17P3. The van der Waals surface area contributed by atoms with Crippen LogP contribution in [0.1, 0.15) is 18.2 Å². The number of phosphoric ester groups is 1. The van der Waals surface area contributed by atoms with Crippen molar-refractivity contribution in [1.29, 1.82) is 0 Å². The van der Waals surface area contributed by atoms with Crippen molar-refractivity contribution in [3.05, 3.63) is 52.6 Å². The Morgan fingerprint density at radius 3 is 2.38 bits per heavy atom. The number of phosphoric acid groups is 3. The highest BCUT2D eigenvalue weighted by molar-refractivity contribution is 7.66. The second-order valence-electron chi connectivity index (χ2n) is 9.40. The second-order valence-corrected chi connectivity index (χ2v) is 13.8. The first-order valence-corrected chi connectivity index (χ1v) is 17.7. The lowest BCUT2D eigenvalue weighted by molar-refractivity contribution is -0.122. The molecule has 0 spiro atoms. The molecule has 1 aromatic heterocycles. The number of aliphatic hydroxyl groups excluding tert-OH is 2. The highest BCUT2D eigenvalue weighted by atomic mass is 31.3. The first-order chi connectivity index (χ1) is 22.0. The van der Waals surface area contributed by atoms with Gasteiger partial charge in [-0.15, -0.1) is 6.42 Å². The fourth-order valence-electron chi connectivity index (χ4n) is 3.81. The Balaban J connectivity index is 1.44. The first kappa shape index (κ1) is 38.4. The number of hydrogen-bond donors (Lipinski definition) is 8. The number of ether oxygens (including phenoxy) is 2. The molecule has 2 unspecified atom stereocenters. The molecule has 1 fully saturated rings. The Kier molecular flexibility index (Phi) is 13.8. The number of aromatic nitrogens is 2. The van der Waals surface area contributed by atoms with Gasteiger partial charge in [0.25, 0.3) is 5.91 Å². The van der Waals surface area contributed by atoms with E-state index in [1.165, 1.54) is 6.07 Å². The van der Waals surface area contributed by atoms with Crippen LogP contribution in [0.15, 0.2) is 41.3 Å². The number of nitrogens with one attached hydrogen (secondary N) is 2. The smallest absolute Gasteiger partial charge is 0.484 e. The van der Waals surface area contributed by atoms with Gasteiger partial charge in [0.15, 0.2) is 18.7 Å². The predicted octanol–water partition coefficient (Wildman–Crippen LogP) is -0.690. The van der Waals surface area contributed by atoms with Gasteiger partial charge < -0.3 is 44.6 Å². The van der Waals surface area contributed by atoms with Crippen LogP contribution < -0.4 is 21.2 Å². The number of benzene rings is 1. The van der Waals surface area contributed by atoms with Crippen LogP contribution in [-0.4, -0.2) is 89.9 Å². The van der Waals surface area contributed by atoms with E-state index in [2.05, 4.69) is 34.8 Å². The summed E-state index contributed by atoms with van der Waals surface area (Å²) in [5.41, 5.74) is 2.51. The Bertz CT molecular complexity index is 1610. The molecule has 0 aliphatic carbocycles. The van der Waals surface area contributed by atoms with Crippen LogP contribution in [-0.2, 0) is 47.6 Å². The molecule has 260 valence electrons. The van der Waals surface area contributed by atoms with E-state index in [0.717, 1.165) is 16.3 Å². The number of terminal acetylenes is 1. The zero-order valence-corrected chi connectivity index (χ0v) is 26.7. The number of hydrogen-bond acceptors (Lipinski definition) is 15. The molecule has 1 saturated heterocycles. The third kappa shape index (κ3) is 12.8. The van der Waals surface area contributed by atoms with Crippen molar-refractivity contribution in [2.75, 3.05) is 31.8 Å². The maximum absolute atomic E-state index is 12.6. The fourth-order valence-corrected chi connectivity index (χ4v) is 6.84. The van der Waals surface area contributed by atoms with E-state index < -0.39 is 60.3 Å². The highest BCUT2D eigenvalue weighted by Crippen LogP contribution is 2.66. The normalized spacial score (nSPS) is 22.1. The number of amides is 1. The third-order valence-electron chi connectivity index (χ3n) is 5.83. The maximum atomic E-state index is 12.6. The summed E-state index contributed by atoms with van der Waals surface area (Å²) < 4.78 is 57.2. The Morgan fingerprint density at radius 1 is 1.04 bits per heavy atom. The number of carbonyl (C=O) groups is 1. The number of aryl methyl sites for hydroxylation is 1. The van der Waals surface area contributed by atoms with E-state index in [0.29, 0.717) is 18.6 Å². The van der Waals surface area contributed by atoms with Gasteiger partial charge in [-0.25, -0.2) is 24.0 Å². The van der Waals surface area contributed by atoms with Gasteiger partial charge in [0, 0.05) is 6.20 Å². The fraction of sp³-hybridized carbons (Fsp3) is 0.435. The molecule has 1 aliphatic rings. The van der Waals surface area contributed by atoms with E-state index in [1.807, 2.05) is 12.1 Å². The minimum Gasteiger partial charge on any atom is -0.484 e. The molecule has 47 heavy (non-hydrogen) atoms. The van der Waals surface area contributed by atoms with Crippen LogP contribution in [0.5, 0.6) is 5.75 Å². The summed E-state index contributed by atoms with van der Waals surface area (Å²) in [4.78, 5) is 69.1. The van der Waals surface area contributed by atoms with Crippen molar-refractivity contribution < 1.29 is 75.7 Å². The molecule has 6 atom stereocenters. The van der Waals surface area contributed by atoms with Crippen molar-refractivity contribution in [3.8, 4) is 18.1 Å². The Hall–Kier alpha value is -3.02. The lowest BCUT2D eigenvalue weighted by Crippen LogP contribution is -2.36. The standard InChI is InChI=1S/C23H31N4O17P3/c1-2-10-24-19(28)14-39-16-7-5-15(6-8-16)4-3-12-40-26-18-9-11-27(23(31)25-18)22-21(30)20(29)17(42-22)13-41-46(35,36)44-47(37,38)43-45(32,33)34/h1,5-9,11,17,20-22,29-30H,3-4,10,12-14H2,(H,24,28)(H,35,36)(H,37,38)(H,25,26,31)(H2,32,33,34)/t17-,20-,21-,22-/m1/s1. The molecule has 3 rings (SSSR count). The molecule has 21 nitrogen and oxygen atoms in total. The van der Waals surface area contributed by atoms with Crippen LogP contribution in [0.2, 0.25) is 0 Å². The molecule has 0 bridgehead atoms. The lowest BCUT2D eigenvalue weighted by Gasteiger charge is -2.19. The average molecular weight is 728 g/mol. The quantitative estimate of drug-likeness (QED) is 0.0408. The van der Waals surface area contributed by atoms with E-state index >= 15 is 0 Å². The predicted molar refractivity (Wildman–Crippen MR) is 156 cm³/mol. The van der Waals surface area contributed by atoms with Crippen LogP contribution >= 0.6 is 23.5 Å². The number of aliphatic hydroxyl groups is 2. The summed E-state index contributed by atoms with van der Waals surface area (Å²) in [6, 6.07) is 8.36. The SMILES string of the molecule is C#CCNC(=O)COc1ccc(CCCONc2ccn([C@@H]3O[C@H](COP(=O)(O)OP(=O)(O)OP(=O)(O)O)[C@@H](O)[C@H]3O)c(=O)n2)cc1. The summed E-state index contributed by atoms with van der Waals surface area (Å²) in [7, 11) is -16.9. The van der Waals surface area contributed by atoms with E-state index in [-0.39, 0.29) is 31.5 Å². The molecule has 0 radical (unpaired) electrons. The van der Waals surface area contributed by atoms with Crippen molar-refractivity contribution in [3.63, 3.8) is 0 Å². The second kappa shape index (κ2) is 16.9. The Morgan fingerprint density at radius 2 is 1.74 bits per heavy atom. The van der Waals surface area contributed by atoms with Crippen LogP contribution in [0.25, 0.3) is 0 Å². The topological polar surface area (TPSA) is 304 Å². The third-order valence-corrected chi connectivity index (χ3v) is 9.63. The average Bonchev–Trinajstić information content (AvgIpc) is 3.25. The highest BCUT2D eigenvalue weighted by Gasteiger charge is 2.46. The summed E-state index contributed by atoms with van der Waals surface area (Å²) in [5.74, 6) is 2.45. The van der Waals surface area contributed by atoms with E-state index in [1.54, 1.807) is 12.1 Å². The van der Waals surface area contributed by atoms with Crippen LogP contribution in [0, 0.1) is 12.3 Å². The van der Waals surface area contributed by atoms with Gasteiger partial charge in [0.1, 0.15) is 24.1 Å². The summed E-state index contributed by atoms with van der Waals surface area (Å²) in [6.45, 7) is -0.897. The van der Waals surface area contributed by atoms with E-state index in [9.17, 15) is 43.3 Å². The van der Waals surface area contributed by atoms with Crippen molar-refractivity contribution in [1.82, 2.24) is 14.9 Å². The van der Waals surface area contributed by atoms with Crippen LogP contribution in [0.4, 0.5) is 5.82 Å². The van der Waals surface area contributed by atoms with Gasteiger partial charge in [-0.2, -0.15) is 13.6 Å². The lowest BCUT2D eigenvalue weighted by atomic mass is 10.1. The summed E-state index contributed by atoms with van der Waals surface area (Å²) in [5, 5.41) is 23.1. The van der Waals surface area contributed by atoms with Gasteiger partial charge in [-0.3, -0.25) is 18.7 Å². The minimum absolute atomic E-state index is 0.00345. The van der Waals surface area contributed by atoms with Crippen LogP contribution in [0.3, 0.4) is 0 Å². The number of anilines is 1. The first-order valence-electron chi connectivity index (χ1n) is 13.2. The molecule has 0 saturated carbocycles. The summed E-state index contributed by atoms with van der Waals surface area (Å²) >= 11 is 0. The molecule has 2 heterocycles. The number of carbonyl (C=O) groups excluding carboxylic acids is 1. The largest absolute Gasteiger partial charge is 0.490 e. The van der Waals surface area contributed by atoms with Crippen molar-refractivity contribution in [2.24, 2.45) is 0 Å². The minimum atomic E-state index is -5.77. The zero-order chi connectivity index (χ0) is 34.8. The number of nitrogens with zero attached hydrogens (tertiary/aromatic N) is 2. The molecular weight excluding hydrogens is 697 g/mol. The molecule has 1 aliphatic heterocycles. The molecule has 24 heteroatoms. The van der Waals surface area contributed by atoms with Gasteiger partial charge in [-0.1, -0.05) is 18.1 Å². The van der Waals surface area contributed by atoms with Crippen molar-refractivity contribution in [2.45, 2.75) is 37.4 Å². The van der Waals surface area contributed by atoms with Gasteiger partial charge >= 0.3 is 29.2 Å². The monoisotopic (exact) mass is 728 g/mol. The van der Waals surface area contributed by atoms with Gasteiger partial charge in [0.2, 0.25) is 0 Å². The molecule has 2 aromatic rings. The summed E-state index contributed by atoms with van der Waals surface area (Å²) in [6.07, 6.45) is 0.676. The molecule has 8 N–H and O–H groups in total. The molecule has 1 amide bonds. The van der Waals surface area contributed by atoms with E-state index in [4.69, 9.17) is 30.5 Å². The van der Waals surface area contributed by atoms with Crippen molar-refractivity contribution >= 4 is 35.2 Å². The van der Waals surface area contributed by atoms with Gasteiger partial charge in [-0.05, 0) is 36.6 Å². The maximum Gasteiger partial charge on any atom is 0.490 e. The zero-order valence-electron chi connectivity index (χ0n) is 24.0. The Labute approximate surface area is 265 Å². The number of rotatable bonds is 18.